The number of rotatable bonds is 4. The second-order valence-electron chi connectivity index (χ2n) is 7.83. The van der Waals surface area contributed by atoms with Crippen LogP contribution in [-0.2, 0) is 26.3 Å². The highest BCUT2D eigenvalue weighted by Crippen LogP contribution is 2.28. The van der Waals surface area contributed by atoms with Crippen LogP contribution in [0.2, 0.25) is 0 Å². The second kappa shape index (κ2) is 7.62. The molecule has 146 valence electrons. The van der Waals surface area contributed by atoms with Crippen LogP contribution >= 0.6 is 0 Å². The monoisotopic (exact) mass is 378 g/mol. The molecular formula is C22H26N4O2. The van der Waals surface area contributed by atoms with Crippen LogP contribution in [0.5, 0.6) is 0 Å². The molecule has 0 fully saturated rings. The Morgan fingerprint density at radius 2 is 1.93 bits per heavy atom. The lowest BCUT2D eigenvalue weighted by Gasteiger charge is -2.19. The van der Waals surface area contributed by atoms with Crippen LogP contribution in [0, 0.1) is 5.92 Å². The normalized spacial score (nSPS) is 14.2. The van der Waals surface area contributed by atoms with E-state index in [0.717, 1.165) is 42.0 Å². The number of amides is 1. The molecule has 3 aromatic rings. The molecule has 1 aromatic carbocycles. The molecular weight excluding hydrogens is 352 g/mol. The zero-order valence-electron chi connectivity index (χ0n) is 16.7. The lowest BCUT2D eigenvalue weighted by Crippen LogP contribution is -2.33. The largest absolute Gasteiger partial charge is 0.361 e. The molecule has 6 nitrogen and oxygen atoms in total. The van der Waals surface area contributed by atoms with Crippen molar-refractivity contribution in [1.29, 1.82) is 0 Å². The molecule has 6 heteroatoms. The van der Waals surface area contributed by atoms with Gasteiger partial charge in [-0.05, 0) is 12.3 Å². The molecule has 0 saturated heterocycles. The Balaban J connectivity index is 1.53. The smallest absolute Gasteiger partial charge is 0.276 e. The first-order valence-electron chi connectivity index (χ1n) is 9.88. The van der Waals surface area contributed by atoms with Gasteiger partial charge in [0.15, 0.2) is 5.69 Å². The highest BCUT2D eigenvalue weighted by Gasteiger charge is 2.26. The minimum Gasteiger partial charge on any atom is -0.361 e. The summed E-state index contributed by atoms with van der Waals surface area (Å²) in [4.78, 5) is 14.8. The fraction of sp³-hybridized carbons (Fsp3) is 0.409. The van der Waals surface area contributed by atoms with Crippen molar-refractivity contribution >= 4 is 5.91 Å². The number of aromatic nitrogens is 3. The molecule has 0 unspecified atom stereocenters. The van der Waals surface area contributed by atoms with Crippen molar-refractivity contribution in [3.63, 3.8) is 0 Å². The molecule has 1 aliphatic heterocycles. The van der Waals surface area contributed by atoms with Crippen LogP contribution in [0.1, 0.15) is 41.4 Å². The maximum atomic E-state index is 12.9. The van der Waals surface area contributed by atoms with Gasteiger partial charge in [0.05, 0.1) is 11.4 Å². The number of carbonyl (C=O) groups is 1. The van der Waals surface area contributed by atoms with Crippen molar-refractivity contribution in [3.05, 3.63) is 59.1 Å². The molecule has 0 atom stereocenters. The summed E-state index contributed by atoms with van der Waals surface area (Å²) in [6.45, 7) is 5.54. The molecule has 0 spiro atoms. The van der Waals surface area contributed by atoms with Gasteiger partial charge in [-0.25, -0.2) is 0 Å². The fourth-order valence-electron chi connectivity index (χ4n) is 3.92. The van der Waals surface area contributed by atoms with Gasteiger partial charge in [-0.3, -0.25) is 9.48 Å². The fourth-order valence-corrected chi connectivity index (χ4v) is 3.92. The minimum absolute atomic E-state index is 0.0606. The molecule has 3 heterocycles. The van der Waals surface area contributed by atoms with E-state index in [-0.39, 0.29) is 5.91 Å². The van der Waals surface area contributed by atoms with Gasteiger partial charge >= 0.3 is 0 Å². The highest BCUT2D eigenvalue weighted by atomic mass is 16.5. The van der Waals surface area contributed by atoms with Gasteiger partial charge < -0.3 is 9.42 Å². The molecule has 0 bridgehead atoms. The molecule has 2 aromatic heterocycles. The summed E-state index contributed by atoms with van der Waals surface area (Å²) >= 11 is 0. The van der Waals surface area contributed by atoms with Crippen molar-refractivity contribution in [3.8, 4) is 11.3 Å². The third-order valence-corrected chi connectivity index (χ3v) is 5.20. The Hall–Kier alpha value is -2.89. The molecule has 28 heavy (non-hydrogen) atoms. The Bertz CT molecular complexity index is 972. The number of fused-ring (bicyclic) bond motifs is 1. The Morgan fingerprint density at radius 1 is 1.18 bits per heavy atom. The zero-order valence-corrected chi connectivity index (χ0v) is 16.7. The van der Waals surface area contributed by atoms with Crippen molar-refractivity contribution < 1.29 is 9.32 Å². The van der Waals surface area contributed by atoms with Gasteiger partial charge in [0.2, 0.25) is 0 Å². The SMILES string of the molecule is CC(C)Cc1cc(C(=O)N2CCc3nn(C)c(-c4ccccc4)c3CC2)no1. The van der Waals surface area contributed by atoms with Crippen LogP contribution in [0.4, 0.5) is 0 Å². The van der Waals surface area contributed by atoms with Gasteiger partial charge in [-0.15, -0.1) is 0 Å². The van der Waals surface area contributed by atoms with Crippen LogP contribution in [0.15, 0.2) is 40.9 Å². The lowest BCUT2D eigenvalue weighted by atomic mass is 10.0. The first-order chi connectivity index (χ1) is 13.5. The summed E-state index contributed by atoms with van der Waals surface area (Å²) in [5, 5.41) is 8.74. The van der Waals surface area contributed by atoms with Gasteiger partial charge in [-0.1, -0.05) is 49.3 Å². The molecule has 0 aliphatic carbocycles. The van der Waals surface area contributed by atoms with Gasteiger partial charge in [-0.2, -0.15) is 5.10 Å². The number of hydrogen-bond acceptors (Lipinski definition) is 4. The molecule has 1 amide bonds. The van der Waals surface area contributed by atoms with E-state index in [1.54, 1.807) is 6.07 Å². The first kappa shape index (κ1) is 18.5. The van der Waals surface area contributed by atoms with Gasteiger partial charge in [0.1, 0.15) is 5.76 Å². The Morgan fingerprint density at radius 3 is 2.68 bits per heavy atom. The number of carbonyl (C=O) groups excluding carboxylic acids is 1. The highest BCUT2D eigenvalue weighted by molar-refractivity contribution is 5.92. The summed E-state index contributed by atoms with van der Waals surface area (Å²) in [7, 11) is 1.99. The average molecular weight is 378 g/mol. The first-order valence-corrected chi connectivity index (χ1v) is 9.88. The predicted octanol–water partition coefficient (Wildman–Crippen LogP) is 3.51. The van der Waals surface area contributed by atoms with E-state index in [9.17, 15) is 4.79 Å². The third-order valence-electron chi connectivity index (χ3n) is 5.20. The van der Waals surface area contributed by atoms with Crippen LogP contribution in [0.3, 0.4) is 0 Å². The number of hydrogen-bond donors (Lipinski definition) is 0. The quantitative estimate of drug-likeness (QED) is 0.697. The standard InChI is InChI=1S/C22H26N4O2/c1-15(2)13-17-14-20(24-28-17)22(27)26-11-9-18-19(10-12-26)23-25(3)21(18)16-7-5-4-6-8-16/h4-8,14-15H,9-13H2,1-3H3. The lowest BCUT2D eigenvalue weighted by molar-refractivity contribution is 0.0752. The predicted molar refractivity (Wildman–Crippen MR) is 107 cm³/mol. The van der Waals surface area contributed by atoms with Crippen LogP contribution < -0.4 is 0 Å². The van der Waals surface area contributed by atoms with Gasteiger partial charge in [0.25, 0.3) is 5.91 Å². The van der Waals surface area contributed by atoms with E-state index in [1.165, 1.54) is 5.56 Å². The Kier molecular flexibility index (Phi) is 5.03. The summed E-state index contributed by atoms with van der Waals surface area (Å²) < 4.78 is 7.31. The van der Waals surface area contributed by atoms with E-state index in [4.69, 9.17) is 9.62 Å². The van der Waals surface area contributed by atoms with E-state index in [0.29, 0.717) is 24.7 Å². The van der Waals surface area contributed by atoms with E-state index in [2.05, 4.69) is 31.1 Å². The van der Waals surface area contributed by atoms with Crippen molar-refractivity contribution in [2.24, 2.45) is 13.0 Å². The van der Waals surface area contributed by atoms with E-state index in [1.807, 2.05) is 34.8 Å². The van der Waals surface area contributed by atoms with Crippen LogP contribution in [0.25, 0.3) is 11.3 Å². The number of nitrogens with zero attached hydrogens (tertiary/aromatic N) is 4. The summed E-state index contributed by atoms with van der Waals surface area (Å²) in [5.74, 6) is 1.17. The minimum atomic E-state index is -0.0606. The maximum Gasteiger partial charge on any atom is 0.276 e. The van der Waals surface area contributed by atoms with E-state index >= 15 is 0 Å². The second-order valence-corrected chi connectivity index (χ2v) is 7.83. The molecule has 0 N–H and O–H groups in total. The third kappa shape index (κ3) is 3.59. The number of benzene rings is 1. The molecule has 0 saturated carbocycles. The van der Waals surface area contributed by atoms with Crippen LogP contribution in [-0.4, -0.2) is 38.8 Å². The zero-order chi connectivity index (χ0) is 19.7. The molecule has 0 radical (unpaired) electrons. The van der Waals surface area contributed by atoms with Crippen molar-refractivity contribution in [2.45, 2.75) is 33.1 Å². The Labute approximate surface area is 165 Å². The van der Waals surface area contributed by atoms with Crippen molar-refractivity contribution in [2.75, 3.05) is 13.1 Å². The summed E-state index contributed by atoms with van der Waals surface area (Å²) in [6, 6.07) is 12.1. The molecule has 4 rings (SSSR count). The van der Waals surface area contributed by atoms with Crippen molar-refractivity contribution in [1.82, 2.24) is 19.8 Å². The van der Waals surface area contributed by atoms with Gasteiger partial charge in [0, 0.05) is 50.2 Å². The maximum absolute atomic E-state index is 12.9. The summed E-state index contributed by atoms with van der Waals surface area (Å²) in [6.07, 6.45) is 2.32. The molecule has 1 aliphatic rings. The topological polar surface area (TPSA) is 64.2 Å². The summed E-state index contributed by atoms with van der Waals surface area (Å²) in [5.41, 5.74) is 5.03. The average Bonchev–Trinajstić information content (AvgIpc) is 3.19. The van der Waals surface area contributed by atoms with E-state index < -0.39 is 0 Å². The number of aryl methyl sites for hydroxylation is 1.